The van der Waals surface area contributed by atoms with Crippen molar-refractivity contribution in [1.29, 1.82) is 0 Å². The zero-order valence-electron chi connectivity index (χ0n) is 18.1. The summed E-state index contributed by atoms with van der Waals surface area (Å²) in [6, 6.07) is 7.79. The molecular weight excluding hydrogens is 410 g/mol. The molecule has 5 rings (SSSR count). The highest BCUT2D eigenvalue weighted by molar-refractivity contribution is 6.30. The molecule has 0 N–H and O–H groups in total. The molecule has 2 fully saturated rings. The molecule has 1 aromatic heterocycles. The fourth-order valence-electron chi connectivity index (χ4n) is 5.08. The number of aromatic nitrogens is 2. The number of hydrogen-bond donors (Lipinski definition) is 0. The summed E-state index contributed by atoms with van der Waals surface area (Å²) in [6.07, 6.45) is 5.12. The van der Waals surface area contributed by atoms with Crippen molar-refractivity contribution >= 4 is 23.3 Å². The third kappa shape index (κ3) is 4.15. The highest BCUT2D eigenvalue weighted by atomic mass is 35.5. The van der Waals surface area contributed by atoms with Crippen LogP contribution in [0.15, 0.2) is 30.6 Å². The van der Waals surface area contributed by atoms with Crippen LogP contribution < -0.4 is 4.90 Å². The number of rotatable bonds is 5. The summed E-state index contributed by atoms with van der Waals surface area (Å²) in [5.41, 5.74) is 3.58. The molecule has 1 unspecified atom stereocenters. The number of piperazine rings is 1. The van der Waals surface area contributed by atoms with Crippen molar-refractivity contribution in [3.8, 4) is 0 Å². The van der Waals surface area contributed by atoms with E-state index in [2.05, 4.69) is 26.7 Å². The topological polar surface area (TPSA) is 52.6 Å². The van der Waals surface area contributed by atoms with Gasteiger partial charge >= 0.3 is 0 Å². The SMILES string of the molecule is CC1CCc2ncnc(N3CCN(C(=O)[C@H](CN4CCC4)c4ccc(Cl)cc4)CC3)c21. The number of hydrogen-bond acceptors (Lipinski definition) is 5. The van der Waals surface area contributed by atoms with Gasteiger partial charge in [0.25, 0.3) is 0 Å². The van der Waals surface area contributed by atoms with Crippen LogP contribution in [0.2, 0.25) is 5.02 Å². The van der Waals surface area contributed by atoms with Crippen molar-refractivity contribution in [2.45, 2.75) is 38.0 Å². The van der Waals surface area contributed by atoms with E-state index in [0.29, 0.717) is 10.9 Å². The van der Waals surface area contributed by atoms with E-state index in [1.165, 1.54) is 17.7 Å². The van der Waals surface area contributed by atoms with Gasteiger partial charge in [0, 0.05) is 49.0 Å². The molecule has 2 saturated heterocycles. The molecule has 2 aliphatic heterocycles. The van der Waals surface area contributed by atoms with Gasteiger partial charge in [-0.25, -0.2) is 9.97 Å². The van der Waals surface area contributed by atoms with E-state index in [9.17, 15) is 4.79 Å². The van der Waals surface area contributed by atoms with Gasteiger partial charge in [-0.05, 0) is 56.0 Å². The van der Waals surface area contributed by atoms with E-state index < -0.39 is 0 Å². The monoisotopic (exact) mass is 439 g/mol. The summed E-state index contributed by atoms with van der Waals surface area (Å²) in [4.78, 5) is 29.5. The second-order valence-corrected chi connectivity index (χ2v) is 9.50. The van der Waals surface area contributed by atoms with Crippen molar-refractivity contribution in [3.63, 3.8) is 0 Å². The summed E-state index contributed by atoms with van der Waals surface area (Å²) in [5.74, 6) is 1.69. The zero-order chi connectivity index (χ0) is 21.4. The van der Waals surface area contributed by atoms with Gasteiger partial charge in [-0.3, -0.25) is 4.79 Å². The molecule has 7 heteroatoms. The number of benzene rings is 1. The predicted molar refractivity (Wildman–Crippen MR) is 123 cm³/mol. The minimum Gasteiger partial charge on any atom is -0.353 e. The predicted octanol–water partition coefficient (Wildman–Crippen LogP) is 3.32. The quantitative estimate of drug-likeness (QED) is 0.715. The van der Waals surface area contributed by atoms with Gasteiger partial charge in [0.05, 0.1) is 5.92 Å². The first-order valence-electron chi connectivity index (χ1n) is 11.5. The maximum atomic E-state index is 13.6. The molecule has 31 heavy (non-hydrogen) atoms. The Morgan fingerprint density at radius 1 is 1.10 bits per heavy atom. The van der Waals surface area contributed by atoms with E-state index in [0.717, 1.165) is 70.0 Å². The first kappa shape index (κ1) is 20.7. The molecule has 0 spiro atoms. The van der Waals surface area contributed by atoms with Crippen molar-refractivity contribution in [1.82, 2.24) is 19.8 Å². The average molecular weight is 440 g/mol. The van der Waals surface area contributed by atoms with Crippen molar-refractivity contribution in [3.05, 3.63) is 52.4 Å². The molecule has 2 atom stereocenters. The lowest BCUT2D eigenvalue weighted by atomic mass is 9.95. The lowest BCUT2D eigenvalue weighted by Gasteiger charge is -2.39. The van der Waals surface area contributed by atoms with Crippen LogP contribution >= 0.6 is 11.6 Å². The molecule has 2 aromatic rings. The number of anilines is 1. The van der Waals surface area contributed by atoms with Crippen LogP contribution in [0.1, 0.15) is 48.4 Å². The standard InChI is InChI=1S/C24H30ClN5O/c1-17-3-8-21-22(17)23(27-16-26-21)29-11-13-30(14-12-29)24(31)20(15-28-9-2-10-28)18-4-6-19(25)7-5-18/h4-7,16-17,20H,2-3,8-15H2,1H3/t17?,20-/m1/s1. The largest absolute Gasteiger partial charge is 0.353 e. The Bertz CT molecular complexity index is 937. The molecule has 1 amide bonds. The van der Waals surface area contributed by atoms with E-state index >= 15 is 0 Å². The van der Waals surface area contributed by atoms with Crippen LogP contribution in [-0.2, 0) is 11.2 Å². The van der Waals surface area contributed by atoms with Crippen molar-refractivity contribution in [2.24, 2.45) is 0 Å². The number of carbonyl (C=O) groups excluding carboxylic acids is 1. The number of amides is 1. The Labute approximate surface area is 189 Å². The molecule has 0 radical (unpaired) electrons. The molecule has 3 heterocycles. The normalized spacial score (nSPS) is 22.2. The summed E-state index contributed by atoms with van der Waals surface area (Å²) in [6.45, 7) is 8.33. The Hall–Kier alpha value is -2.18. The third-order valence-corrected chi connectivity index (χ3v) is 7.36. The molecule has 1 aliphatic carbocycles. The Kier molecular flexibility index (Phi) is 5.85. The lowest BCUT2D eigenvalue weighted by Crippen LogP contribution is -2.52. The van der Waals surface area contributed by atoms with Crippen molar-refractivity contribution in [2.75, 3.05) is 50.7 Å². The molecule has 0 bridgehead atoms. The minimum atomic E-state index is -0.132. The van der Waals surface area contributed by atoms with Gasteiger partial charge < -0.3 is 14.7 Å². The number of nitrogens with zero attached hydrogens (tertiary/aromatic N) is 5. The molecule has 1 aromatic carbocycles. The lowest BCUT2D eigenvalue weighted by molar-refractivity contribution is -0.133. The molecular formula is C24H30ClN5O. The van der Waals surface area contributed by atoms with E-state index in [1.807, 2.05) is 29.2 Å². The Balaban J connectivity index is 1.29. The molecule has 6 nitrogen and oxygen atoms in total. The highest BCUT2D eigenvalue weighted by Crippen LogP contribution is 2.37. The highest BCUT2D eigenvalue weighted by Gasteiger charge is 2.33. The summed E-state index contributed by atoms with van der Waals surface area (Å²) >= 11 is 6.09. The maximum Gasteiger partial charge on any atom is 0.231 e. The van der Waals surface area contributed by atoms with Crippen LogP contribution in [0.4, 0.5) is 5.82 Å². The number of aryl methyl sites for hydroxylation is 1. The fourth-order valence-corrected chi connectivity index (χ4v) is 5.20. The Morgan fingerprint density at radius 3 is 2.52 bits per heavy atom. The van der Waals surface area contributed by atoms with Crippen molar-refractivity contribution < 1.29 is 4.79 Å². The van der Waals surface area contributed by atoms with Gasteiger partial charge in [0.1, 0.15) is 12.1 Å². The molecule has 164 valence electrons. The van der Waals surface area contributed by atoms with Gasteiger partial charge in [-0.15, -0.1) is 0 Å². The van der Waals surface area contributed by atoms with E-state index in [4.69, 9.17) is 11.6 Å². The first-order chi connectivity index (χ1) is 15.1. The summed E-state index contributed by atoms with van der Waals surface area (Å²) in [7, 11) is 0. The second kappa shape index (κ2) is 8.75. The first-order valence-corrected chi connectivity index (χ1v) is 11.8. The van der Waals surface area contributed by atoms with Crippen LogP contribution in [0, 0.1) is 0 Å². The minimum absolute atomic E-state index is 0.132. The molecule has 3 aliphatic rings. The maximum absolute atomic E-state index is 13.6. The third-order valence-electron chi connectivity index (χ3n) is 7.10. The number of likely N-dealkylation sites (tertiary alicyclic amines) is 1. The van der Waals surface area contributed by atoms with Crippen LogP contribution in [0.5, 0.6) is 0 Å². The number of fused-ring (bicyclic) bond motifs is 1. The smallest absolute Gasteiger partial charge is 0.231 e. The number of carbonyl (C=O) groups is 1. The van der Waals surface area contributed by atoms with Crippen LogP contribution in [-0.4, -0.2) is 71.5 Å². The Morgan fingerprint density at radius 2 is 1.84 bits per heavy atom. The summed E-state index contributed by atoms with van der Waals surface area (Å²) in [5, 5.41) is 0.708. The van der Waals surface area contributed by atoms with E-state index in [-0.39, 0.29) is 11.8 Å². The van der Waals surface area contributed by atoms with Crippen LogP contribution in [0.3, 0.4) is 0 Å². The fraction of sp³-hybridized carbons (Fsp3) is 0.542. The average Bonchev–Trinajstić information content (AvgIpc) is 3.15. The van der Waals surface area contributed by atoms with Gasteiger partial charge in [0.2, 0.25) is 5.91 Å². The van der Waals surface area contributed by atoms with Gasteiger partial charge in [-0.2, -0.15) is 0 Å². The second-order valence-electron chi connectivity index (χ2n) is 9.07. The van der Waals surface area contributed by atoms with E-state index in [1.54, 1.807) is 6.33 Å². The van der Waals surface area contributed by atoms with Crippen LogP contribution in [0.25, 0.3) is 0 Å². The molecule has 0 saturated carbocycles. The number of halogens is 1. The summed E-state index contributed by atoms with van der Waals surface area (Å²) < 4.78 is 0. The van der Waals surface area contributed by atoms with Gasteiger partial charge in [0.15, 0.2) is 0 Å². The van der Waals surface area contributed by atoms with Gasteiger partial charge in [-0.1, -0.05) is 30.7 Å². The zero-order valence-corrected chi connectivity index (χ0v) is 18.9.